The molecule has 0 bridgehead atoms. The molecule has 1 unspecified atom stereocenters. The van der Waals surface area contributed by atoms with Gasteiger partial charge in [0.05, 0.1) is 10.9 Å². The second-order valence-electron chi connectivity index (χ2n) is 7.44. The summed E-state index contributed by atoms with van der Waals surface area (Å²) in [4.78, 5) is 0. The van der Waals surface area contributed by atoms with Crippen LogP contribution in [0.15, 0.2) is 42.6 Å². The minimum atomic E-state index is -0.314. The highest BCUT2D eigenvalue weighted by molar-refractivity contribution is 7.73. The second kappa shape index (κ2) is 5.67. The summed E-state index contributed by atoms with van der Waals surface area (Å²) in [6.07, 6.45) is 3.42. The third-order valence-corrected chi connectivity index (χ3v) is 7.44. The standard InChI is InChI=1S/C22H25NP/c1-14(2)13-17-11-12-23(4)21-19-15(3)9-10-16-7-6-8-18(20(16)19)24(5)22(17)21/h6-12,14H,13H2,1-5H3/q+1. The predicted molar refractivity (Wildman–Crippen MR) is 106 cm³/mol. The quantitative estimate of drug-likeness (QED) is 0.488. The number of hydrogen-bond acceptors (Lipinski definition) is 0. The van der Waals surface area contributed by atoms with Gasteiger partial charge in [0.25, 0.3) is 0 Å². The van der Waals surface area contributed by atoms with Crippen molar-refractivity contribution in [2.45, 2.75) is 27.2 Å². The highest BCUT2D eigenvalue weighted by atomic mass is 31.1. The van der Waals surface area contributed by atoms with Gasteiger partial charge in [-0.05, 0) is 55.7 Å². The van der Waals surface area contributed by atoms with E-state index in [9.17, 15) is 0 Å². The first-order valence-corrected chi connectivity index (χ1v) is 10.6. The van der Waals surface area contributed by atoms with E-state index in [1.54, 1.807) is 10.6 Å². The molecule has 2 aromatic carbocycles. The molecule has 0 amide bonds. The van der Waals surface area contributed by atoms with Gasteiger partial charge in [-0.25, -0.2) is 4.57 Å². The molecule has 24 heavy (non-hydrogen) atoms. The van der Waals surface area contributed by atoms with Gasteiger partial charge in [0.1, 0.15) is 7.05 Å². The molecule has 122 valence electrons. The Kier molecular flexibility index (Phi) is 3.73. The molecule has 1 atom stereocenters. The number of rotatable bonds is 2. The molecule has 0 fully saturated rings. The number of fused-ring (bicyclic) bond motifs is 2. The van der Waals surface area contributed by atoms with E-state index >= 15 is 0 Å². The minimum absolute atomic E-state index is 0.314. The van der Waals surface area contributed by atoms with Crippen molar-refractivity contribution in [2.24, 2.45) is 13.0 Å². The molecular formula is C22H25NP+. The molecule has 1 aliphatic rings. The SMILES string of the molecule is Cc1ccc2cccc3c2c1-c1c(c(CC(C)C)cc[n+]1C)P3C. The summed E-state index contributed by atoms with van der Waals surface area (Å²) in [5, 5.41) is 6.00. The highest BCUT2D eigenvalue weighted by Gasteiger charge is 2.33. The lowest BCUT2D eigenvalue weighted by Crippen LogP contribution is -2.40. The van der Waals surface area contributed by atoms with Crippen molar-refractivity contribution >= 4 is 29.3 Å². The Balaban J connectivity index is 2.16. The van der Waals surface area contributed by atoms with Crippen LogP contribution < -0.4 is 15.2 Å². The summed E-state index contributed by atoms with van der Waals surface area (Å²) < 4.78 is 2.34. The number of nitrogens with zero attached hydrogens (tertiary/aromatic N) is 1. The molecule has 0 N–H and O–H groups in total. The summed E-state index contributed by atoms with van der Waals surface area (Å²) in [6.45, 7) is 9.34. The first kappa shape index (κ1) is 15.8. The Bertz CT molecular complexity index is 956. The van der Waals surface area contributed by atoms with Crippen LogP contribution in [0.5, 0.6) is 0 Å². The zero-order valence-corrected chi connectivity index (χ0v) is 16.1. The van der Waals surface area contributed by atoms with E-state index in [1.807, 2.05) is 0 Å². The number of benzene rings is 2. The summed E-state index contributed by atoms with van der Waals surface area (Å²) in [7, 11) is 1.89. The Morgan fingerprint density at radius 2 is 1.88 bits per heavy atom. The van der Waals surface area contributed by atoms with Crippen LogP contribution in [0.3, 0.4) is 0 Å². The average molecular weight is 334 g/mol. The van der Waals surface area contributed by atoms with Crippen molar-refractivity contribution in [3.63, 3.8) is 0 Å². The second-order valence-corrected chi connectivity index (χ2v) is 9.49. The molecular weight excluding hydrogens is 309 g/mol. The fraction of sp³-hybridized carbons (Fsp3) is 0.318. The molecule has 1 aliphatic heterocycles. The molecule has 0 spiro atoms. The third kappa shape index (κ3) is 2.22. The van der Waals surface area contributed by atoms with Gasteiger partial charge >= 0.3 is 0 Å². The van der Waals surface area contributed by atoms with Gasteiger partial charge in [0, 0.05) is 11.5 Å². The summed E-state index contributed by atoms with van der Waals surface area (Å²) in [5.74, 6) is 0.680. The van der Waals surface area contributed by atoms with Crippen molar-refractivity contribution in [2.75, 3.05) is 6.66 Å². The normalized spacial score (nSPS) is 15.8. The number of pyridine rings is 1. The zero-order valence-electron chi connectivity index (χ0n) is 15.2. The first-order chi connectivity index (χ1) is 11.5. The van der Waals surface area contributed by atoms with Crippen molar-refractivity contribution < 1.29 is 4.57 Å². The lowest BCUT2D eigenvalue weighted by atomic mass is 9.94. The molecule has 2 heterocycles. The monoisotopic (exact) mass is 334 g/mol. The largest absolute Gasteiger partial charge is 0.221 e. The van der Waals surface area contributed by atoms with Gasteiger partial charge in [-0.15, -0.1) is 0 Å². The summed E-state index contributed by atoms with van der Waals surface area (Å²) in [5.41, 5.74) is 5.82. The molecule has 0 saturated heterocycles. The number of aryl methyl sites for hydroxylation is 2. The van der Waals surface area contributed by atoms with Crippen molar-refractivity contribution in [1.29, 1.82) is 0 Å². The number of aromatic nitrogens is 1. The zero-order chi connectivity index (χ0) is 17.0. The van der Waals surface area contributed by atoms with Gasteiger partial charge in [0.15, 0.2) is 6.20 Å². The van der Waals surface area contributed by atoms with Crippen LogP contribution >= 0.6 is 7.92 Å². The van der Waals surface area contributed by atoms with Crippen molar-refractivity contribution in [3.05, 3.63) is 53.7 Å². The minimum Gasteiger partial charge on any atom is -0.200 e. The third-order valence-electron chi connectivity index (χ3n) is 5.17. The van der Waals surface area contributed by atoms with Crippen LogP contribution in [-0.2, 0) is 13.5 Å². The fourth-order valence-electron chi connectivity index (χ4n) is 4.12. The first-order valence-electron chi connectivity index (χ1n) is 8.77. The Morgan fingerprint density at radius 3 is 2.62 bits per heavy atom. The molecule has 0 saturated carbocycles. The van der Waals surface area contributed by atoms with E-state index in [2.05, 4.69) is 81.6 Å². The molecule has 2 heteroatoms. The highest BCUT2D eigenvalue weighted by Crippen LogP contribution is 2.44. The van der Waals surface area contributed by atoms with E-state index < -0.39 is 0 Å². The lowest BCUT2D eigenvalue weighted by Gasteiger charge is -2.27. The molecule has 3 aromatic rings. The average Bonchev–Trinajstić information content (AvgIpc) is 2.55. The van der Waals surface area contributed by atoms with E-state index in [0.717, 1.165) is 6.42 Å². The Morgan fingerprint density at radius 1 is 1.08 bits per heavy atom. The van der Waals surface area contributed by atoms with Crippen LogP contribution in [0.2, 0.25) is 0 Å². The molecule has 4 rings (SSSR count). The molecule has 1 nitrogen and oxygen atoms in total. The Hall–Kier alpha value is -1.72. The van der Waals surface area contributed by atoms with E-state index in [-0.39, 0.29) is 7.92 Å². The maximum absolute atomic E-state index is 2.44. The van der Waals surface area contributed by atoms with Crippen molar-refractivity contribution in [3.8, 4) is 11.3 Å². The molecule has 1 aromatic heterocycles. The fourth-order valence-corrected chi connectivity index (χ4v) is 6.43. The van der Waals surface area contributed by atoms with E-state index in [0.29, 0.717) is 5.92 Å². The van der Waals surface area contributed by atoms with E-state index in [4.69, 9.17) is 0 Å². The molecule has 0 aliphatic carbocycles. The van der Waals surface area contributed by atoms with Crippen LogP contribution in [0, 0.1) is 12.8 Å². The van der Waals surface area contributed by atoms with Crippen LogP contribution in [-0.4, -0.2) is 6.66 Å². The predicted octanol–water partition coefficient (Wildman–Crippen LogP) is 4.21. The van der Waals surface area contributed by atoms with Gasteiger partial charge in [-0.3, -0.25) is 0 Å². The van der Waals surface area contributed by atoms with Gasteiger partial charge in [0.2, 0.25) is 5.69 Å². The maximum atomic E-state index is 2.44. The Labute approximate surface area is 146 Å². The summed E-state index contributed by atoms with van der Waals surface area (Å²) >= 11 is 0. The van der Waals surface area contributed by atoms with Crippen molar-refractivity contribution in [1.82, 2.24) is 0 Å². The van der Waals surface area contributed by atoms with E-state index in [1.165, 1.54) is 33.2 Å². The summed E-state index contributed by atoms with van der Waals surface area (Å²) in [6, 6.07) is 13.8. The lowest BCUT2D eigenvalue weighted by molar-refractivity contribution is -0.659. The topological polar surface area (TPSA) is 3.88 Å². The number of hydrogen-bond donors (Lipinski definition) is 0. The van der Waals surface area contributed by atoms with Gasteiger partial charge in [-0.1, -0.05) is 44.2 Å². The molecule has 0 radical (unpaired) electrons. The van der Waals surface area contributed by atoms with Gasteiger partial charge in [-0.2, -0.15) is 0 Å². The van der Waals surface area contributed by atoms with Crippen LogP contribution in [0.25, 0.3) is 22.0 Å². The smallest absolute Gasteiger partial charge is 0.200 e. The van der Waals surface area contributed by atoms with Crippen LogP contribution in [0.4, 0.5) is 0 Å². The van der Waals surface area contributed by atoms with Crippen LogP contribution in [0.1, 0.15) is 25.0 Å². The van der Waals surface area contributed by atoms with Gasteiger partial charge < -0.3 is 0 Å². The maximum Gasteiger partial charge on any atom is 0.221 e.